The zero-order valence-electron chi connectivity index (χ0n) is 18.1. The van der Waals surface area contributed by atoms with Gasteiger partial charge in [-0.1, -0.05) is 41.4 Å². The van der Waals surface area contributed by atoms with Crippen molar-refractivity contribution in [1.82, 2.24) is 5.32 Å². The van der Waals surface area contributed by atoms with Crippen LogP contribution in [-0.4, -0.2) is 23.8 Å². The zero-order chi connectivity index (χ0) is 24.8. The Bertz CT molecular complexity index is 1310. The number of nitro groups is 1. The smallest absolute Gasteiger partial charge is 0.272 e. The molecule has 174 valence electrons. The van der Waals surface area contributed by atoms with Gasteiger partial charge in [0.1, 0.15) is 11.4 Å². The minimum atomic E-state index is -0.663. The van der Waals surface area contributed by atoms with Crippen molar-refractivity contribution in [2.45, 2.75) is 6.92 Å². The topological polar surface area (TPSA) is 111 Å². The second-order valence-electron chi connectivity index (χ2n) is 7.13. The van der Waals surface area contributed by atoms with Gasteiger partial charge in [0.15, 0.2) is 0 Å². The van der Waals surface area contributed by atoms with Crippen LogP contribution in [0.1, 0.15) is 21.5 Å². The summed E-state index contributed by atoms with van der Waals surface area (Å²) in [6, 6.07) is 15.1. The first-order chi connectivity index (χ1) is 16.2. The normalized spacial score (nSPS) is 11.0. The summed E-state index contributed by atoms with van der Waals surface area (Å²) >= 11 is 12.3. The van der Waals surface area contributed by atoms with E-state index in [9.17, 15) is 19.7 Å². The van der Waals surface area contributed by atoms with Crippen molar-refractivity contribution in [2.24, 2.45) is 0 Å². The SMILES string of the molecule is COc1ccc(C(=O)N/C(=C\c2cccc([N+](=O)[O-])c2)C(=O)Nc2ccc(C)c(Cl)c2)c(Cl)c1. The van der Waals surface area contributed by atoms with E-state index in [1.165, 1.54) is 43.5 Å². The minimum absolute atomic E-state index is 0.110. The van der Waals surface area contributed by atoms with E-state index in [1.807, 2.05) is 6.92 Å². The molecule has 8 nitrogen and oxygen atoms in total. The van der Waals surface area contributed by atoms with E-state index in [2.05, 4.69) is 10.6 Å². The summed E-state index contributed by atoms with van der Waals surface area (Å²) in [5, 5.41) is 16.9. The number of nitrogens with zero attached hydrogens (tertiary/aromatic N) is 1. The molecule has 0 fully saturated rings. The number of ether oxygens (including phenoxy) is 1. The van der Waals surface area contributed by atoms with Gasteiger partial charge >= 0.3 is 0 Å². The number of nitro benzene ring substituents is 1. The molecule has 0 radical (unpaired) electrons. The molecule has 0 spiro atoms. The van der Waals surface area contributed by atoms with E-state index in [-0.39, 0.29) is 22.0 Å². The fourth-order valence-corrected chi connectivity index (χ4v) is 3.36. The van der Waals surface area contributed by atoms with E-state index < -0.39 is 16.7 Å². The monoisotopic (exact) mass is 499 g/mol. The van der Waals surface area contributed by atoms with Crippen LogP contribution in [-0.2, 0) is 4.79 Å². The van der Waals surface area contributed by atoms with E-state index in [1.54, 1.807) is 30.3 Å². The lowest BCUT2D eigenvalue weighted by molar-refractivity contribution is -0.384. The first kappa shape index (κ1) is 24.8. The molecular weight excluding hydrogens is 481 g/mol. The molecule has 10 heteroatoms. The third-order valence-electron chi connectivity index (χ3n) is 4.74. The second-order valence-corrected chi connectivity index (χ2v) is 7.94. The summed E-state index contributed by atoms with van der Waals surface area (Å²) in [6.07, 6.45) is 1.33. The standard InChI is InChI=1S/C24H19Cl2N3O5/c1-14-6-7-16(12-20(14)25)27-24(31)22(11-15-4-3-5-17(10-15)29(32)33)28-23(30)19-9-8-18(34-2)13-21(19)26/h3-13H,1-2H3,(H,27,31)(H,28,30)/b22-11-. The Morgan fingerprint density at radius 1 is 1.03 bits per heavy atom. The number of nitrogens with one attached hydrogen (secondary N) is 2. The Kier molecular flexibility index (Phi) is 7.88. The van der Waals surface area contributed by atoms with Crippen LogP contribution in [0.25, 0.3) is 6.08 Å². The molecule has 0 aromatic heterocycles. The minimum Gasteiger partial charge on any atom is -0.497 e. The summed E-state index contributed by atoms with van der Waals surface area (Å²) in [6.45, 7) is 1.82. The van der Waals surface area contributed by atoms with Gasteiger partial charge in [0.2, 0.25) is 0 Å². The average Bonchev–Trinajstić information content (AvgIpc) is 2.80. The predicted octanol–water partition coefficient (Wildman–Crippen LogP) is 5.63. The molecule has 34 heavy (non-hydrogen) atoms. The molecule has 0 bridgehead atoms. The second kappa shape index (κ2) is 10.8. The van der Waals surface area contributed by atoms with Crippen molar-refractivity contribution in [2.75, 3.05) is 12.4 Å². The van der Waals surface area contributed by atoms with E-state index in [4.69, 9.17) is 27.9 Å². The fraction of sp³-hybridized carbons (Fsp3) is 0.0833. The van der Waals surface area contributed by atoms with Gasteiger partial charge in [0, 0.05) is 22.8 Å². The van der Waals surface area contributed by atoms with Gasteiger partial charge in [-0.25, -0.2) is 0 Å². The van der Waals surface area contributed by atoms with E-state index >= 15 is 0 Å². The number of halogens is 2. The van der Waals surface area contributed by atoms with Crippen LogP contribution in [0.4, 0.5) is 11.4 Å². The number of amides is 2. The van der Waals surface area contributed by atoms with Gasteiger partial charge in [-0.05, 0) is 54.5 Å². The van der Waals surface area contributed by atoms with Gasteiger partial charge < -0.3 is 15.4 Å². The van der Waals surface area contributed by atoms with Gasteiger partial charge in [0.05, 0.1) is 22.6 Å². The molecule has 3 rings (SSSR count). The van der Waals surface area contributed by atoms with Crippen molar-refractivity contribution >= 4 is 52.5 Å². The Morgan fingerprint density at radius 2 is 1.79 bits per heavy atom. The van der Waals surface area contributed by atoms with Gasteiger partial charge in [0.25, 0.3) is 17.5 Å². The Balaban J connectivity index is 1.96. The number of hydrogen-bond acceptors (Lipinski definition) is 5. The summed E-state index contributed by atoms with van der Waals surface area (Å²) in [5.41, 5.74) is 1.36. The van der Waals surface area contributed by atoms with Crippen molar-refractivity contribution < 1.29 is 19.2 Å². The van der Waals surface area contributed by atoms with Crippen LogP contribution < -0.4 is 15.4 Å². The third kappa shape index (κ3) is 6.12. The molecule has 3 aromatic rings. The molecule has 0 aliphatic rings. The zero-order valence-corrected chi connectivity index (χ0v) is 19.6. The average molecular weight is 500 g/mol. The van der Waals surface area contributed by atoms with Crippen LogP contribution in [0.2, 0.25) is 10.0 Å². The molecule has 0 heterocycles. The number of hydrogen-bond donors (Lipinski definition) is 2. The molecule has 0 unspecified atom stereocenters. The Hall–Kier alpha value is -3.88. The van der Waals surface area contributed by atoms with Crippen molar-refractivity contribution in [3.05, 3.63) is 103 Å². The largest absolute Gasteiger partial charge is 0.497 e. The van der Waals surface area contributed by atoms with Crippen molar-refractivity contribution in [3.8, 4) is 5.75 Å². The highest BCUT2D eigenvalue weighted by Crippen LogP contribution is 2.24. The van der Waals surface area contributed by atoms with Crippen LogP contribution in [0.15, 0.2) is 66.4 Å². The number of aryl methyl sites for hydroxylation is 1. The van der Waals surface area contributed by atoms with E-state index in [0.717, 1.165) is 5.56 Å². The molecular formula is C24H19Cl2N3O5. The molecule has 0 aliphatic carbocycles. The number of non-ortho nitro benzene ring substituents is 1. The van der Waals surface area contributed by atoms with Crippen molar-refractivity contribution in [3.63, 3.8) is 0 Å². The quantitative estimate of drug-likeness (QED) is 0.248. The Labute approximate surface area is 205 Å². The molecule has 2 amide bonds. The predicted molar refractivity (Wildman–Crippen MR) is 131 cm³/mol. The van der Waals surface area contributed by atoms with Gasteiger partial charge in [-0.2, -0.15) is 0 Å². The first-order valence-corrected chi connectivity index (χ1v) is 10.6. The summed E-state index contributed by atoms with van der Waals surface area (Å²) in [4.78, 5) is 36.5. The van der Waals surface area contributed by atoms with Gasteiger partial charge in [-0.15, -0.1) is 0 Å². The fourth-order valence-electron chi connectivity index (χ4n) is 2.92. The molecule has 2 N–H and O–H groups in total. The number of benzene rings is 3. The molecule has 0 atom stereocenters. The van der Waals surface area contributed by atoms with Gasteiger partial charge in [-0.3, -0.25) is 19.7 Å². The first-order valence-electron chi connectivity index (χ1n) is 9.86. The molecule has 0 saturated heterocycles. The molecule has 3 aromatic carbocycles. The number of rotatable bonds is 7. The maximum absolute atomic E-state index is 13.1. The van der Waals surface area contributed by atoms with Crippen LogP contribution in [0.5, 0.6) is 5.75 Å². The summed E-state index contributed by atoms with van der Waals surface area (Å²) in [5.74, 6) is -0.853. The molecule has 0 saturated carbocycles. The highest BCUT2D eigenvalue weighted by Gasteiger charge is 2.18. The van der Waals surface area contributed by atoms with E-state index in [0.29, 0.717) is 22.0 Å². The van der Waals surface area contributed by atoms with Crippen molar-refractivity contribution in [1.29, 1.82) is 0 Å². The number of methoxy groups -OCH3 is 1. The lowest BCUT2D eigenvalue weighted by Gasteiger charge is -2.13. The lowest BCUT2D eigenvalue weighted by Crippen LogP contribution is -2.31. The maximum atomic E-state index is 13.1. The highest BCUT2D eigenvalue weighted by molar-refractivity contribution is 6.34. The number of carbonyl (C=O) groups excluding carboxylic acids is 2. The highest BCUT2D eigenvalue weighted by atomic mass is 35.5. The number of anilines is 1. The van der Waals surface area contributed by atoms with Crippen LogP contribution in [0.3, 0.4) is 0 Å². The third-order valence-corrected chi connectivity index (χ3v) is 5.46. The lowest BCUT2D eigenvalue weighted by atomic mass is 10.1. The maximum Gasteiger partial charge on any atom is 0.272 e. The summed E-state index contributed by atoms with van der Waals surface area (Å²) in [7, 11) is 1.47. The molecule has 0 aliphatic heterocycles. The summed E-state index contributed by atoms with van der Waals surface area (Å²) < 4.78 is 5.09. The van der Waals surface area contributed by atoms with Crippen LogP contribution in [0, 0.1) is 17.0 Å². The Morgan fingerprint density at radius 3 is 2.44 bits per heavy atom. The van der Waals surface area contributed by atoms with Crippen LogP contribution >= 0.6 is 23.2 Å². The number of carbonyl (C=O) groups is 2.